The van der Waals surface area contributed by atoms with Gasteiger partial charge in [0.15, 0.2) is 11.5 Å². The van der Waals surface area contributed by atoms with Crippen molar-refractivity contribution in [3.63, 3.8) is 0 Å². The highest BCUT2D eigenvalue weighted by atomic mass is 32.2. The first-order chi connectivity index (χ1) is 15.3. The molecule has 4 rings (SSSR count). The Kier molecular flexibility index (Phi) is 5.83. The van der Waals surface area contributed by atoms with Gasteiger partial charge in [0.2, 0.25) is 0 Å². The zero-order chi connectivity index (χ0) is 22.9. The molecule has 0 aliphatic rings. The van der Waals surface area contributed by atoms with E-state index in [1.54, 1.807) is 49.7 Å². The summed E-state index contributed by atoms with van der Waals surface area (Å²) in [4.78, 5) is -0.164. The highest BCUT2D eigenvalue weighted by Crippen LogP contribution is 2.31. The van der Waals surface area contributed by atoms with Crippen LogP contribution in [0.4, 0.5) is 0 Å². The summed E-state index contributed by atoms with van der Waals surface area (Å²) in [6.45, 7) is 2.04. The molecule has 1 heterocycles. The third-order valence-electron chi connectivity index (χ3n) is 5.01. The number of aromatic nitrogens is 3. The van der Waals surface area contributed by atoms with E-state index in [1.165, 1.54) is 10.7 Å². The van der Waals surface area contributed by atoms with Gasteiger partial charge in [-0.15, -0.1) is 5.10 Å². The lowest BCUT2D eigenvalue weighted by atomic mass is 10.1. The number of methoxy groups -OCH3 is 1. The van der Waals surface area contributed by atoms with E-state index >= 15 is 0 Å². The minimum atomic E-state index is -4.36. The number of ether oxygens (including phenoxy) is 2. The van der Waals surface area contributed by atoms with Gasteiger partial charge in [-0.1, -0.05) is 35.5 Å². The van der Waals surface area contributed by atoms with Gasteiger partial charge in [0.25, 0.3) is 10.1 Å². The number of nitrogens with two attached hydrogens (primary N) is 1. The molecule has 0 bridgehead atoms. The van der Waals surface area contributed by atoms with Crippen molar-refractivity contribution in [2.75, 3.05) is 7.11 Å². The molecule has 10 heteroatoms. The minimum Gasteiger partial charge on any atom is -0.493 e. The van der Waals surface area contributed by atoms with Crippen LogP contribution in [-0.2, 0) is 16.7 Å². The molecule has 4 aromatic rings. The molecule has 1 atom stereocenters. The largest absolute Gasteiger partial charge is 0.493 e. The van der Waals surface area contributed by atoms with Crippen LogP contribution in [0.5, 0.6) is 11.5 Å². The van der Waals surface area contributed by atoms with E-state index in [1.807, 2.05) is 19.1 Å². The van der Waals surface area contributed by atoms with Crippen molar-refractivity contribution in [1.29, 1.82) is 0 Å². The predicted octanol–water partition coefficient (Wildman–Crippen LogP) is 3.27. The van der Waals surface area contributed by atoms with Gasteiger partial charge in [0.05, 0.1) is 19.0 Å². The first-order valence-corrected chi connectivity index (χ1v) is 11.2. The Balaban J connectivity index is 1.61. The maximum atomic E-state index is 11.7. The molecule has 166 valence electrons. The van der Waals surface area contributed by atoms with E-state index in [2.05, 4.69) is 10.3 Å². The molecule has 0 aliphatic carbocycles. The molecule has 1 aromatic heterocycles. The normalized spacial score (nSPS) is 12.6. The first kappa shape index (κ1) is 21.8. The standard InChI is InChI=1S/C22H22N4O5S/c1-14(23)15-9-10-20(21(11-15)30-2)31-13-16-12-26(25-24-16)19-7-3-6-18-17(19)5-4-8-22(18)32(27,28)29/h3-12,14H,13,23H2,1-2H3,(H,27,28,29). The van der Waals surface area contributed by atoms with Crippen LogP contribution >= 0.6 is 0 Å². The van der Waals surface area contributed by atoms with Gasteiger partial charge >= 0.3 is 0 Å². The SMILES string of the molecule is COc1cc(C(C)N)ccc1OCc1cn(-c2cccc3c(S(=O)(=O)O)cccc23)nn1. The van der Waals surface area contributed by atoms with Gasteiger partial charge in [0.1, 0.15) is 17.2 Å². The fraction of sp³-hybridized carbons (Fsp3) is 0.182. The van der Waals surface area contributed by atoms with Crippen LogP contribution in [0.3, 0.4) is 0 Å². The molecule has 0 saturated heterocycles. The lowest BCUT2D eigenvalue weighted by Gasteiger charge is -2.13. The van der Waals surface area contributed by atoms with Crippen LogP contribution < -0.4 is 15.2 Å². The topological polar surface area (TPSA) is 130 Å². The van der Waals surface area contributed by atoms with Crippen molar-refractivity contribution in [1.82, 2.24) is 15.0 Å². The van der Waals surface area contributed by atoms with Crippen molar-refractivity contribution >= 4 is 20.9 Å². The van der Waals surface area contributed by atoms with E-state index in [9.17, 15) is 13.0 Å². The Morgan fingerprint density at radius 1 is 1.09 bits per heavy atom. The summed E-state index contributed by atoms with van der Waals surface area (Å²) < 4.78 is 45.7. The molecule has 0 saturated carbocycles. The maximum Gasteiger partial charge on any atom is 0.295 e. The predicted molar refractivity (Wildman–Crippen MR) is 119 cm³/mol. The van der Waals surface area contributed by atoms with E-state index in [0.717, 1.165) is 5.56 Å². The number of hydrogen-bond donors (Lipinski definition) is 2. The second-order valence-corrected chi connectivity index (χ2v) is 8.64. The molecule has 3 aromatic carbocycles. The first-order valence-electron chi connectivity index (χ1n) is 9.75. The van der Waals surface area contributed by atoms with E-state index < -0.39 is 10.1 Å². The van der Waals surface area contributed by atoms with Gasteiger partial charge < -0.3 is 15.2 Å². The number of nitrogens with zero attached hydrogens (tertiary/aromatic N) is 3. The summed E-state index contributed by atoms with van der Waals surface area (Å²) in [7, 11) is -2.80. The lowest BCUT2D eigenvalue weighted by molar-refractivity contribution is 0.280. The van der Waals surface area contributed by atoms with Crippen molar-refractivity contribution in [2.24, 2.45) is 5.73 Å². The number of rotatable bonds is 7. The lowest BCUT2D eigenvalue weighted by Crippen LogP contribution is -2.06. The monoisotopic (exact) mass is 454 g/mol. The molecule has 1 unspecified atom stereocenters. The summed E-state index contributed by atoms with van der Waals surface area (Å²) in [6, 6.07) is 15.1. The minimum absolute atomic E-state index is 0.125. The van der Waals surface area contributed by atoms with Crippen LogP contribution in [0.2, 0.25) is 0 Å². The maximum absolute atomic E-state index is 11.7. The highest BCUT2D eigenvalue weighted by molar-refractivity contribution is 7.86. The van der Waals surface area contributed by atoms with Gasteiger partial charge in [-0.05, 0) is 36.8 Å². The summed E-state index contributed by atoms with van der Waals surface area (Å²) in [5, 5.41) is 9.29. The van der Waals surface area contributed by atoms with Gasteiger partial charge in [-0.2, -0.15) is 8.42 Å². The zero-order valence-electron chi connectivity index (χ0n) is 17.5. The van der Waals surface area contributed by atoms with Crippen LogP contribution in [0.1, 0.15) is 24.2 Å². The molecule has 0 fully saturated rings. The summed E-state index contributed by atoms with van der Waals surface area (Å²) >= 11 is 0. The molecule has 0 aliphatic heterocycles. The molecular weight excluding hydrogens is 432 g/mol. The molecule has 0 radical (unpaired) electrons. The van der Waals surface area contributed by atoms with Crippen molar-refractivity contribution in [3.8, 4) is 17.2 Å². The van der Waals surface area contributed by atoms with E-state index in [-0.39, 0.29) is 17.5 Å². The molecule has 0 amide bonds. The van der Waals surface area contributed by atoms with Gasteiger partial charge in [0, 0.05) is 16.8 Å². The average Bonchev–Trinajstić information content (AvgIpc) is 3.24. The van der Waals surface area contributed by atoms with Gasteiger partial charge in [-0.3, -0.25) is 4.55 Å². The average molecular weight is 455 g/mol. The third kappa shape index (κ3) is 4.28. The highest BCUT2D eigenvalue weighted by Gasteiger charge is 2.16. The van der Waals surface area contributed by atoms with E-state index in [0.29, 0.717) is 33.7 Å². The fourth-order valence-corrected chi connectivity index (χ4v) is 4.12. The summed E-state index contributed by atoms with van der Waals surface area (Å²) in [5.41, 5.74) is 8.03. The Bertz CT molecular complexity index is 1380. The Morgan fingerprint density at radius 3 is 2.56 bits per heavy atom. The Hall–Kier alpha value is -3.47. The second-order valence-electron chi connectivity index (χ2n) is 7.25. The number of benzene rings is 3. The third-order valence-corrected chi connectivity index (χ3v) is 5.93. The van der Waals surface area contributed by atoms with Crippen molar-refractivity contribution in [3.05, 3.63) is 72.1 Å². The zero-order valence-corrected chi connectivity index (χ0v) is 18.3. The fourth-order valence-electron chi connectivity index (χ4n) is 3.41. The molecule has 0 spiro atoms. The summed E-state index contributed by atoms with van der Waals surface area (Å²) in [6.07, 6.45) is 1.69. The molecule has 32 heavy (non-hydrogen) atoms. The Morgan fingerprint density at radius 2 is 1.84 bits per heavy atom. The van der Waals surface area contributed by atoms with Crippen LogP contribution in [0.25, 0.3) is 16.5 Å². The summed E-state index contributed by atoms with van der Waals surface area (Å²) in [5.74, 6) is 1.12. The molecule has 9 nitrogen and oxygen atoms in total. The van der Waals surface area contributed by atoms with Crippen LogP contribution in [-0.4, -0.2) is 35.1 Å². The van der Waals surface area contributed by atoms with Crippen LogP contribution in [0, 0.1) is 0 Å². The van der Waals surface area contributed by atoms with Crippen molar-refractivity contribution in [2.45, 2.75) is 24.5 Å². The quantitative estimate of drug-likeness (QED) is 0.407. The van der Waals surface area contributed by atoms with Crippen molar-refractivity contribution < 1.29 is 22.4 Å². The smallest absolute Gasteiger partial charge is 0.295 e. The van der Waals surface area contributed by atoms with E-state index in [4.69, 9.17) is 15.2 Å². The molecule has 3 N–H and O–H groups in total. The number of hydrogen-bond acceptors (Lipinski definition) is 7. The van der Waals surface area contributed by atoms with Crippen LogP contribution in [0.15, 0.2) is 65.7 Å². The second kappa shape index (κ2) is 8.58. The van der Waals surface area contributed by atoms with Gasteiger partial charge in [-0.25, -0.2) is 4.68 Å². The molecular formula is C22H22N4O5S. The Labute approximate surface area is 185 Å². The number of fused-ring (bicyclic) bond motifs is 1.